The molecular weight excluding hydrogens is 238 g/mol. The second kappa shape index (κ2) is 6.38. The van der Waals surface area contributed by atoms with E-state index in [2.05, 4.69) is 23.8 Å². The molecule has 0 saturated carbocycles. The van der Waals surface area contributed by atoms with Crippen LogP contribution in [-0.4, -0.2) is 39.0 Å². The van der Waals surface area contributed by atoms with E-state index in [1.807, 2.05) is 18.7 Å². The first-order valence-corrected chi connectivity index (χ1v) is 6.38. The highest BCUT2D eigenvalue weighted by Gasteiger charge is 2.16. The van der Waals surface area contributed by atoms with Gasteiger partial charge in [0.2, 0.25) is 0 Å². The zero-order valence-corrected chi connectivity index (χ0v) is 11.8. The van der Waals surface area contributed by atoms with E-state index in [1.54, 1.807) is 0 Å². The van der Waals surface area contributed by atoms with Gasteiger partial charge >= 0.3 is 0 Å². The number of nitrogens with zero attached hydrogens (tertiary/aromatic N) is 3. The van der Waals surface area contributed by atoms with Crippen molar-refractivity contribution in [1.29, 1.82) is 0 Å². The molecule has 1 N–H and O–H groups in total. The summed E-state index contributed by atoms with van der Waals surface area (Å²) in [5.74, 6) is 0. The number of aromatic nitrogens is 2. The molecule has 0 amide bonds. The lowest BCUT2D eigenvalue weighted by Crippen LogP contribution is -2.32. The van der Waals surface area contributed by atoms with Crippen molar-refractivity contribution in [3.63, 3.8) is 0 Å². The molecule has 0 atom stereocenters. The quantitative estimate of drug-likeness (QED) is 0.849. The fraction of sp³-hybridized carbons (Fsp3) is 0.750. The molecule has 4 nitrogen and oxygen atoms in total. The monoisotopic (exact) mass is 259 g/mol. The van der Waals surface area contributed by atoms with E-state index < -0.39 is 0 Å². The topological polar surface area (TPSA) is 41.3 Å². The Hall–Kier alpha value is -0.580. The normalized spacial score (nSPS) is 11.8. The van der Waals surface area contributed by atoms with Gasteiger partial charge in [0, 0.05) is 32.8 Å². The maximum atomic E-state index is 8.91. The molecule has 1 heterocycles. The van der Waals surface area contributed by atoms with Gasteiger partial charge in [0.15, 0.2) is 0 Å². The number of hydrogen-bond acceptors (Lipinski definition) is 3. The van der Waals surface area contributed by atoms with Crippen LogP contribution >= 0.6 is 11.6 Å². The van der Waals surface area contributed by atoms with Crippen LogP contribution in [0.2, 0.25) is 5.02 Å². The van der Waals surface area contributed by atoms with Crippen LogP contribution in [0.25, 0.3) is 0 Å². The number of aliphatic hydroxyl groups excluding tert-OH is 1. The van der Waals surface area contributed by atoms with Gasteiger partial charge in [0.25, 0.3) is 0 Å². The number of aliphatic hydroxyl groups is 1. The molecule has 0 aliphatic heterocycles. The Kier molecular flexibility index (Phi) is 5.43. The van der Waals surface area contributed by atoms with Crippen molar-refractivity contribution in [2.45, 2.75) is 39.8 Å². The third-order valence-electron chi connectivity index (χ3n) is 2.95. The zero-order chi connectivity index (χ0) is 13.0. The molecule has 0 aliphatic rings. The molecule has 17 heavy (non-hydrogen) atoms. The van der Waals surface area contributed by atoms with E-state index in [4.69, 9.17) is 16.7 Å². The Morgan fingerprint density at radius 2 is 2.12 bits per heavy atom. The summed E-state index contributed by atoms with van der Waals surface area (Å²) in [5.41, 5.74) is 1.91. The standard InChI is InChI=1S/C12H22ClN3O/c1-9(2)16(6-5-7-17)8-11-12(13)10(3)14-15(11)4/h9,17H,5-8H2,1-4H3. The van der Waals surface area contributed by atoms with E-state index in [0.29, 0.717) is 6.04 Å². The lowest BCUT2D eigenvalue weighted by atomic mass is 10.2. The predicted octanol–water partition coefficient (Wildman–Crippen LogP) is 1.97. The fourth-order valence-corrected chi connectivity index (χ4v) is 2.06. The number of rotatable bonds is 6. The van der Waals surface area contributed by atoms with Crippen molar-refractivity contribution in [3.05, 3.63) is 16.4 Å². The third-order valence-corrected chi connectivity index (χ3v) is 3.44. The molecular formula is C12H22ClN3O. The van der Waals surface area contributed by atoms with Gasteiger partial charge in [-0.25, -0.2) is 0 Å². The first-order valence-electron chi connectivity index (χ1n) is 6.00. The van der Waals surface area contributed by atoms with Crippen LogP contribution in [0.3, 0.4) is 0 Å². The summed E-state index contributed by atoms with van der Waals surface area (Å²) in [4.78, 5) is 2.29. The first kappa shape index (κ1) is 14.5. The van der Waals surface area contributed by atoms with Crippen LogP contribution in [0.5, 0.6) is 0 Å². The molecule has 1 aromatic heterocycles. The maximum Gasteiger partial charge on any atom is 0.0860 e. The molecule has 5 heteroatoms. The Labute approximate surface area is 108 Å². The molecule has 0 fully saturated rings. The highest BCUT2D eigenvalue weighted by molar-refractivity contribution is 6.31. The molecule has 0 aliphatic carbocycles. The summed E-state index contributed by atoms with van der Waals surface area (Å²) in [5, 5.41) is 14.0. The van der Waals surface area contributed by atoms with Gasteiger partial charge in [0.1, 0.15) is 0 Å². The van der Waals surface area contributed by atoms with Crippen LogP contribution in [0, 0.1) is 6.92 Å². The largest absolute Gasteiger partial charge is 0.396 e. The summed E-state index contributed by atoms with van der Waals surface area (Å²) in [7, 11) is 1.92. The highest BCUT2D eigenvalue weighted by atomic mass is 35.5. The maximum absolute atomic E-state index is 8.91. The molecule has 0 unspecified atom stereocenters. The average Bonchev–Trinajstić information content (AvgIpc) is 2.49. The van der Waals surface area contributed by atoms with E-state index in [0.717, 1.165) is 35.9 Å². The summed E-state index contributed by atoms with van der Waals surface area (Å²) in [6.45, 7) is 8.08. The highest BCUT2D eigenvalue weighted by Crippen LogP contribution is 2.21. The molecule has 0 bridgehead atoms. The molecule has 0 radical (unpaired) electrons. The van der Waals surface area contributed by atoms with Gasteiger partial charge in [-0.3, -0.25) is 9.58 Å². The van der Waals surface area contributed by atoms with E-state index in [1.165, 1.54) is 0 Å². The first-order chi connectivity index (χ1) is 7.97. The second-order valence-electron chi connectivity index (χ2n) is 4.61. The van der Waals surface area contributed by atoms with Crippen molar-refractivity contribution < 1.29 is 5.11 Å². The second-order valence-corrected chi connectivity index (χ2v) is 4.99. The predicted molar refractivity (Wildman–Crippen MR) is 70.2 cm³/mol. The Bertz CT molecular complexity index is 363. The molecule has 0 aromatic carbocycles. The summed E-state index contributed by atoms with van der Waals surface area (Å²) in [6, 6.07) is 0.424. The van der Waals surface area contributed by atoms with E-state index >= 15 is 0 Å². The minimum Gasteiger partial charge on any atom is -0.396 e. The number of aryl methyl sites for hydroxylation is 2. The molecule has 0 saturated heterocycles. The van der Waals surface area contributed by atoms with Crippen LogP contribution in [0.15, 0.2) is 0 Å². The third kappa shape index (κ3) is 3.69. The fourth-order valence-electron chi connectivity index (χ4n) is 1.84. The van der Waals surface area contributed by atoms with Gasteiger partial charge in [-0.05, 0) is 27.2 Å². The van der Waals surface area contributed by atoms with Crippen LogP contribution in [0.1, 0.15) is 31.7 Å². The van der Waals surface area contributed by atoms with Crippen molar-refractivity contribution in [2.24, 2.45) is 7.05 Å². The molecule has 1 rings (SSSR count). The minimum atomic E-state index is 0.224. The van der Waals surface area contributed by atoms with Gasteiger partial charge in [-0.1, -0.05) is 11.6 Å². The van der Waals surface area contributed by atoms with Crippen molar-refractivity contribution in [2.75, 3.05) is 13.2 Å². The molecule has 98 valence electrons. The van der Waals surface area contributed by atoms with Gasteiger partial charge < -0.3 is 5.11 Å². The van der Waals surface area contributed by atoms with Crippen LogP contribution in [0.4, 0.5) is 0 Å². The smallest absolute Gasteiger partial charge is 0.0860 e. The Morgan fingerprint density at radius 1 is 1.47 bits per heavy atom. The summed E-state index contributed by atoms with van der Waals surface area (Å²) in [6.07, 6.45) is 0.784. The van der Waals surface area contributed by atoms with Crippen molar-refractivity contribution in [1.82, 2.24) is 14.7 Å². The SMILES string of the molecule is Cc1nn(C)c(CN(CCCO)C(C)C)c1Cl. The lowest BCUT2D eigenvalue weighted by molar-refractivity contribution is 0.181. The van der Waals surface area contributed by atoms with Crippen LogP contribution in [-0.2, 0) is 13.6 Å². The Morgan fingerprint density at radius 3 is 2.53 bits per heavy atom. The Balaban J connectivity index is 2.78. The number of hydrogen-bond donors (Lipinski definition) is 1. The van der Waals surface area contributed by atoms with E-state index in [9.17, 15) is 0 Å². The summed E-state index contributed by atoms with van der Waals surface area (Å²) < 4.78 is 1.84. The average molecular weight is 260 g/mol. The van der Waals surface area contributed by atoms with E-state index in [-0.39, 0.29) is 6.61 Å². The zero-order valence-electron chi connectivity index (χ0n) is 11.1. The number of halogens is 1. The lowest BCUT2D eigenvalue weighted by Gasteiger charge is -2.26. The summed E-state index contributed by atoms with van der Waals surface area (Å²) >= 11 is 6.24. The van der Waals surface area contributed by atoms with Crippen LogP contribution < -0.4 is 0 Å². The van der Waals surface area contributed by atoms with Crippen molar-refractivity contribution >= 4 is 11.6 Å². The van der Waals surface area contributed by atoms with Gasteiger partial charge in [-0.2, -0.15) is 5.10 Å². The van der Waals surface area contributed by atoms with Gasteiger partial charge in [0.05, 0.1) is 16.4 Å². The molecule has 0 spiro atoms. The molecule has 1 aromatic rings. The van der Waals surface area contributed by atoms with Crippen molar-refractivity contribution in [3.8, 4) is 0 Å². The van der Waals surface area contributed by atoms with Gasteiger partial charge in [-0.15, -0.1) is 0 Å². The minimum absolute atomic E-state index is 0.224.